The van der Waals surface area contributed by atoms with Gasteiger partial charge in [-0.2, -0.15) is 0 Å². The van der Waals surface area contributed by atoms with Crippen molar-refractivity contribution in [2.45, 2.75) is 0 Å². The van der Waals surface area contributed by atoms with Crippen LogP contribution in [0.2, 0.25) is 0 Å². The third kappa shape index (κ3) is 3.00. The molecule has 0 fully saturated rings. The molecule has 1 amide bonds. The molecule has 0 spiro atoms. The van der Waals surface area contributed by atoms with Gasteiger partial charge in [-0.3, -0.25) is 4.79 Å². The van der Waals surface area contributed by atoms with Gasteiger partial charge in [-0.05, 0) is 18.2 Å². The summed E-state index contributed by atoms with van der Waals surface area (Å²) in [5.74, 6) is -0.823. The van der Waals surface area contributed by atoms with Crippen LogP contribution in [0, 0.1) is 0 Å². The molecular weight excluding hydrogens is 238 g/mol. The maximum atomic E-state index is 11.3. The molecule has 94 valence electrons. The Morgan fingerprint density at radius 3 is 2.61 bits per heavy atom. The highest BCUT2D eigenvalue weighted by molar-refractivity contribution is 6.02. The van der Waals surface area contributed by atoms with Crippen molar-refractivity contribution in [1.82, 2.24) is 0 Å². The van der Waals surface area contributed by atoms with E-state index in [0.717, 1.165) is 6.08 Å². The summed E-state index contributed by atoms with van der Waals surface area (Å²) in [6, 6.07) is 4.92. The maximum absolute atomic E-state index is 11.3. The molecule has 0 radical (unpaired) electrons. The fraction of sp³-hybridized carbons (Fsp3) is 0.167. The first-order valence-corrected chi connectivity index (χ1v) is 5.25. The monoisotopic (exact) mass is 248 g/mol. The van der Waals surface area contributed by atoms with Gasteiger partial charge in [0, 0.05) is 17.8 Å². The highest BCUT2D eigenvalue weighted by atomic mass is 16.6. The summed E-state index contributed by atoms with van der Waals surface area (Å²) in [6.07, 6.45) is 1.54. The predicted molar refractivity (Wildman–Crippen MR) is 60.2 cm³/mol. The van der Waals surface area contributed by atoms with Crippen molar-refractivity contribution in [2.24, 2.45) is 0 Å². The maximum Gasteiger partial charge on any atom is 0.248 e. The van der Waals surface area contributed by atoms with Crippen molar-refractivity contribution in [3.8, 4) is 11.5 Å². The van der Waals surface area contributed by atoms with Crippen molar-refractivity contribution in [3.05, 3.63) is 30.4 Å². The van der Waals surface area contributed by atoms with Crippen LogP contribution < -0.4 is 19.9 Å². The van der Waals surface area contributed by atoms with Gasteiger partial charge < -0.3 is 24.7 Å². The first kappa shape index (κ1) is 12.0. The van der Waals surface area contributed by atoms with Crippen molar-refractivity contribution in [2.75, 3.05) is 18.5 Å². The van der Waals surface area contributed by atoms with Crippen molar-refractivity contribution >= 4 is 17.6 Å². The van der Waals surface area contributed by atoms with Crippen LogP contribution in [0.3, 0.4) is 0 Å². The number of aliphatic carboxylic acids is 1. The molecule has 18 heavy (non-hydrogen) atoms. The van der Waals surface area contributed by atoms with E-state index < -0.39 is 11.9 Å². The Hall–Kier alpha value is -2.50. The van der Waals surface area contributed by atoms with Crippen LogP contribution in [0.1, 0.15) is 0 Å². The Morgan fingerprint density at radius 2 is 1.89 bits per heavy atom. The molecule has 0 bridgehead atoms. The molecule has 1 heterocycles. The van der Waals surface area contributed by atoms with Crippen molar-refractivity contribution in [3.63, 3.8) is 0 Å². The Balaban J connectivity index is 2.06. The highest BCUT2D eigenvalue weighted by Gasteiger charge is 2.11. The predicted octanol–water partition coefficient (Wildman–Crippen LogP) is -0.298. The van der Waals surface area contributed by atoms with Crippen LogP contribution >= 0.6 is 0 Å². The molecule has 6 nitrogen and oxygen atoms in total. The molecular formula is C12H10NO5-. The van der Waals surface area contributed by atoms with Crippen LogP contribution in [-0.4, -0.2) is 25.1 Å². The fourth-order valence-electron chi connectivity index (χ4n) is 1.45. The Kier molecular flexibility index (Phi) is 3.47. The minimum Gasteiger partial charge on any atom is -0.545 e. The average molecular weight is 248 g/mol. The number of hydrogen-bond acceptors (Lipinski definition) is 5. The van der Waals surface area contributed by atoms with Gasteiger partial charge in [0.15, 0.2) is 11.5 Å². The molecule has 1 aliphatic rings. The zero-order chi connectivity index (χ0) is 13.0. The molecule has 0 saturated heterocycles. The van der Waals surface area contributed by atoms with E-state index in [1.54, 1.807) is 18.2 Å². The number of carbonyl (C=O) groups is 2. The van der Waals surface area contributed by atoms with E-state index in [1.165, 1.54) is 0 Å². The smallest absolute Gasteiger partial charge is 0.248 e. The molecule has 1 aromatic carbocycles. The number of carboxylic acid groups (broad SMARTS) is 1. The Bertz CT molecular complexity index is 509. The number of ether oxygens (including phenoxy) is 2. The third-order valence-corrected chi connectivity index (χ3v) is 2.18. The molecule has 0 atom stereocenters. The first-order valence-electron chi connectivity index (χ1n) is 5.25. The van der Waals surface area contributed by atoms with E-state index in [2.05, 4.69) is 5.32 Å². The van der Waals surface area contributed by atoms with E-state index in [1.807, 2.05) is 0 Å². The van der Waals surface area contributed by atoms with Gasteiger partial charge in [-0.15, -0.1) is 0 Å². The molecule has 0 saturated carbocycles. The average Bonchev–Trinajstić information content (AvgIpc) is 2.36. The lowest BCUT2D eigenvalue weighted by Crippen LogP contribution is -2.20. The molecule has 2 rings (SSSR count). The largest absolute Gasteiger partial charge is 0.545 e. The normalized spacial score (nSPS) is 13.3. The van der Waals surface area contributed by atoms with Gasteiger partial charge in [0.2, 0.25) is 5.91 Å². The number of fused-ring (bicyclic) bond motifs is 1. The van der Waals surface area contributed by atoms with Crippen LogP contribution in [-0.2, 0) is 9.59 Å². The van der Waals surface area contributed by atoms with Crippen LogP contribution in [0.4, 0.5) is 5.69 Å². The standard InChI is InChI=1S/C12H11NO5/c14-11(3-4-12(15)16)13-8-1-2-9-10(7-8)18-6-5-17-9/h1-4,7H,5-6H2,(H,13,14)(H,15,16)/p-1. The SMILES string of the molecule is O=C([O-])C=CC(=O)Nc1ccc2c(c1)OCCO2. The number of hydrogen-bond donors (Lipinski definition) is 1. The summed E-state index contributed by atoms with van der Waals surface area (Å²) in [5, 5.41) is 12.6. The molecule has 0 aliphatic carbocycles. The molecule has 0 unspecified atom stereocenters. The molecule has 1 N–H and O–H groups in total. The van der Waals surface area contributed by atoms with E-state index in [-0.39, 0.29) is 0 Å². The highest BCUT2D eigenvalue weighted by Crippen LogP contribution is 2.32. The second-order valence-corrected chi connectivity index (χ2v) is 3.50. The van der Waals surface area contributed by atoms with Crippen LogP contribution in [0.15, 0.2) is 30.4 Å². The minimum absolute atomic E-state index is 0.453. The van der Waals surface area contributed by atoms with Crippen molar-refractivity contribution in [1.29, 1.82) is 0 Å². The number of nitrogens with one attached hydrogen (secondary N) is 1. The number of carbonyl (C=O) groups excluding carboxylic acids is 2. The van der Waals surface area contributed by atoms with E-state index in [4.69, 9.17) is 9.47 Å². The quantitative estimate of drug-likeness (QED) is 0.742. The Morgan fingerprint density at radius 1 is 1.17 bits per heavy atom. The summed E-state index contributed by atoms with van der Waals surface area (Å²) in [5.41, 5.74) is 0.493. The number of rotatable bonds is 3. The summed E-state index contributed by atoms with van der Waals surface area (Å²) in [7, 11) is 0. The van der Waals surface area contributed by atoms with Crippen molar-refractivity contribution < 1.29 is 24.2 Å². The Labute approximate surface area is 103 Å². The number of anilines is 1. The van der Waals surface area contributed by atoms with Gasteiger partial charge in [-0.1, -0.05) is 0 Å². The molecule has 1 aliphatic heterocycles. The van der Waals surface area contributed by atoms with Gasteiger partial charge in [-0.25, -0.2) is 0 Å². The number of benzene rings is 1. The van der Waals surface area contributed by atoms with E-state index >= 15 is 0 Å². The summed E-state index contributed by atoms with van der Waals surface area (Å²) >= 11 is 0. The number of amides is 1. The topological polar surface area (TPSA) is 87.7 Å². The molecule has 1 aromatic rings. The number of carboxylic acids is 1. The zero-order valence-corrected chi connectivity index (χ0v) is 9.34. The van der Waals surface area contributed by atoms with Gasteiger partial charge in [0.05, 0.1) is 5.97 Å². The van der Waals surface area contributed by atoms with Crippen LogP contribution in [0.25, 0.3) is 0 Å². The summed E-state index contributed by atoms with van der Waals surface area (Å²) < 4.78 is 10.7. The van der Waals surface area contributed by atoms with E-state index in [0.29, 0.717) is 36.5 Å². The fourth-order valence-corrected chi connectivity index (χ4v) is 1.45. The summed E-state index contributed by atoms with van der Waals surface area (Å²) in [6.45, 7) is 0.946. The second-order valence-electron chi connectivity index (χ2n) is 3.50. The molecule has 0 aromatic heterocycles. The first-order chi connectivity index (χ1) is 8.65. The van der Waals surface area contributed by atoms with Gasteiger partial charge in [0.1, 0.15) is 13.2 Å². The lowest BCUT2D eigenvalue weighted by molar-refractivity contribution is -0.297. The summed E-state index contributed by atoms with van der Waals surface area (Å²) in [4.78, 5) is 21.5. The molecule has 6 heteroatoms. The van der Waals surface area contributed by atoms with Gasteiger partial charge >= 0.3 is 0 Å². The van der Waals surface area contributed by atoms with Gasteiger partial charge in [0.25, 0.3) is 0 Å². The van der Waals surface area contributed by atoms with E-state index in [9.17, 15) is 14.7 Å². The minimum atomic E-state index is -1.42. The third-order valence-electron chi connectivity index (χ3n) is 2.18. The lowest BCUT2D eigenvalue weighted by atomic mass is 10.2. The lowest BCUT2D eigenvalue weighted by Gasteiger charge is -2.18. The second kappa shape index (κ2) is 5.22. The zero-order valence-electron chi connectivity index (χ0n) is 9.34. The van der Waals surface area contributed by atoms with Crippen LogP contribution in [0.5, 0.6) is 11.5 Å².